The van der Waals surface area contributed by atoms with Crippen LogP contribution in [0.2, 0.25) is 0 Å². The second-order valence-electron chi connectivity index (χ2n) is 8.20. The van der Waals surface area contributed by atoms with E-state index in [9.17, 15) is 9.59 Å². The summed E-state index contributed by atoms with van der Waals surface area (Å²) >= 11 is 0. The summed E-state index contributed by atoms with van der Waals surface area (Å²) in [5.41, 5.74) is 3.67. The topological polar surface area (TPSA) is 74.8 Å². The summed E-state index contributed by atoms with van der Waals surface area (Å²) in [6.07, 6.45) is 1.79. The van der Waals surface area contributed by atoms with Gasteiger partial charge in [0.2, 0.25) is 5.91 Å². The van der Waals surface area contributed by atoms with Crippen molar-refractivity contribution in [2.75, 3.05) is 23.9 Å². The highest BCUT2D eigenvalue weighted by molar-refractivity contribution is 5.94. The quantitative estimate of drug-likeness (QED) is 0.820. The Morgan fingerprint density at radius 2 is 1.90 bits per heavy atom. The second-order valence-corrected chi connectivity index (χ2v) is 8.20. The molecule has 0 unspecified atom stereocenters. The van der Waals surface area contributed by atoms with E-state index in [-0.39, 0.29) is 24.1 Å². The van der Waals surface area contributed by atoms with Crippen LogP contribution in [0.25, 0.3) is 11.1 Å². The molecule has 1 N–H and O–H groups in total. The molecule has 1 aromatic carbocycles. The van der Waals surface area contributed by atoms with Crippen molar-refractivity contribution in [1.29, 1.82) is 0 Å². The lowest BCUT2D eigenvalue weighted by molar-refractivity contribution is -0.117. The Kier molecular flexibility index (Phi) is 6.29. The molecule has 0 saturated carbocycles. The summed E-state index contributed by atoms with van der Waals surface area (Å²) in [6, 6.07) is 9.68. The fourth-order valence-electron chi connectivity index (χ4n) is 3.87. The zero-order valence-corrected chi connectivity index (χ0v) is 18.5. The van der Waals surface area contributed by atoms with Gasteiger partial charge >= 0.3 is 6.09 Å². The number of carbonyl (C=O) groups excluding carboxylic acids is 2. The molecule has 1 aliphatic heterocycles. The van der Waals surface area contributed by atoms with Crippen LogP contribution in [0, 0.1) is 0 Å². The molecule has 2 aromatic rings. The van der Waals surface area contributed by atoms with Crippen molar-refractivity contribution in [3.63, 3.8) is 0 Å². The van der Waals surface area contributed by atoms with Gasteiger partial charge in [0.25, 0.3) is 0 Å². The molecular weight excluding hydrogens is 380 g/mol. The Morgan fingerprint density at radius 3 is 2.47 bits per heavy atom. The van der Waals surface area contributed by atoms with E-state index < -0.39 is 6.09 Å². The van der Waals surface area contributed by atoms with Crippen molar-refractivity contribution >= 4 is 23.5 Å². The van der Waals surface area contributed by atoms with E-state index in [0.717, 1.165) is 28.2 Å². The van der Waals surface area contributed by atoms with Crippen LogP contribution in [-0.4, -0.2) is 43.2 Å². The van der Waals surface area contributed by atoms with Gasteiger partial charge in [0.05, 0.1) is 12.1 Å². The van der Waals surface area contributed by atoms with E-state index in [1.807, 2.05) is 76.3 Å². The van der Waals surface area contributed by atoms with E-state index in [0.29, 0.717) is 6.42 Å². The third-order valence-corrected chi connectivity index (χ3v) is 5.19. The zero-order chi connectivity index (χ0) is 22.0. The number of amides is 2. The molecule has 0 radical (unpaired) electrons. The molecule has 1 aliphatic rings. The molecule has 0 fully saturated rings. The smallest absolute Gasteiger partial charge is 0.407 e. The standard InChI is InChI=1S/C23H30N4O3/c1-14(2)30-23(29)25-20-11-15(3)27(16(4)28)21-9-7-17(12-19(20)21)18-8-10-22(24-13-18)26(5)6/h7-10,12-15,20H,11H2,1-6H3,(H,25,29)/t15-,20+/m1/s1. The van der Waals surface area contributed by atoms with Crippen LogP contribution in [0.3, 0.4) is 0 Å². The molecule has 30 heavy (non-hydrogen) atoms. The molecule has 0 saturated heterocycles. The number of rotatable bonds is 4. The molecule has 2 heterocycles. The van der Waals surface area contributed by atoms with E-state index in [1.165, 1.54) is 0 Å². The van der Waals surface area contributed by atoms with Crippen molar-refractivity contribution in [1.82, 2.24) is 10.3 Å². The van der Waals surface area contributed by atoms with Crippen molar-refractivity contribution in [3.8, 4) is 11.1 Å². The molecule has 3 rings (SSSR count). The highest BCUT2D eigenvalue weighted by Crippen LogP contribution is 2.39. The summed E-state index contributed by atoms with van der Waals surface area (Å²) in [4.78, 5) is 32.8. The largest absolute Gasteiger partial charge is 0.447 e. The summed E-state index contributed by atoms with van der Waals surface area (Å²) in [6.45, 7) is 7.19. The fraction of sp³-hybridized carbons (Fsp3) is 0.435. The van der Waals surface area contributed by atoms with Crippen molar-refractivity contribution in [3.05, 3.63) is 42.1 Å². The Balaban J connectivity index is 2.00. The number of anilines is 2. The van der Waals surface area contributed by atoms with E-state index >= 15 is 0 Å². The number of carbonyl (C=O) groups is 2. The van der Waals surface area contributed by atoms with Gasteiger partial charge in [-0.05, 0) is 62.6 Å². The third kappa shape index (κ3) is 4.56. The van der Waals surface area contributed by atoms with E-state index in [4.69, 9.17) is 4.74 Å². The number of fused-ring (bicyclic) bond motifs is 1. The van der Waals surface area contributed by atoms with Crippen LogP contribution in [0.4, 0.5) is 16.3 Å². The van der Waals surface area contributed by atoms with E-state index in [2.05, 4.69) is 10.3 Å². The van der Waals surface area contributed by atoms with Crippen LogP contribution < -0.4 is 15.1 Å². The van der Waals surface area contributed by atoms with Gasteiger partial charge in [0.1, 0.15) is 5.82 Å². The van der Waals surface area contributed by atoms with E-state index in [1.54, 1.807) is 11.8 Å². The SMILES string of the molecule is CC(=O)N1c2ccc(-c3ccc(N(C)C)nc3)cc2[C@@H](NC(=O)OC(C)C)C[C@H]1C. The molecule has 0 aliphatic carbocycles. The molecule has 2 atom stereocenters. The average Bonchev–Trinajstić information content (AvgIpc) is 2.66. The number of ether oxygens (including phenoxy) is 1. The highest BCUT2D eigenvalue weighted by atomic mass is 16.6. The number of hydrogen-bond donors (Lipinski definition) is 1. The molecule has 0 bridgehead atoms. The minimum Gasteiger partial charge on any atom is -0.447 e. The van der Waals surface area contributed by atoms with Gasteiger partial charge in [-0.25, -0.2) is 9.78 Å². The second kappa shape index (κ2) is 8.73. The Hall–Kier alpha value is -3.09. The summed E-state index contributed by atoms with van der Waals surface area (Å²) in [5.74, 6) is 0.862. The Morgan fingerprint density at radius 1 is 1.20 bits per heavy atom. The molecule has 160 valence electrons. The van der Waals surface area contributed by atoms with Crippen LogP contribution >= 0.6 is 0 Å². The number of benzene rings is 1. The average molecular weight is 411 g/mol. The number of nitrogens with one attached hydrogen (secondary N) is 1. The summed E-state index contributed by atoms with van der Waals surface area (Å²) in [7, 11) is 3.90. The molecular formula is C23H30N4O3. The van der Waals surface area contributed by atoms with Gasteiger partial charge in [0.15, 0.2) is 0 Å². The molecule has 7 nitrogen and oxygen atoms in total. The lowest BCUT2D eigenvalue weighted by atomic mass is 9.89. The minimum absolute atomic E-state index is 0.0169. The molecule has 0 spiro atoms. The maximum absolute atomic E-state index is 12.3. The lowest BCUT2D eigenvalue weighted by Crippen LogP contribution is -2.45. The van der Waals surface area contributed by atoms with Gasteiger partial charge in [0, 0.05) is 44.5 Å². The zero-order valence-electron chi connectivity index (χ0n) is 18.5. The first kappa shape index (κ1) is 21.6. The van der Waals surface area contributed by atoms with Crippen molar-refractivity contribution in [2.45, 2.75) is 52.3 Å². The maximum Gasteiger partial charge on any atom is 0.407 e. The number of aromatic nitrogens is 1. The predicted octanol–water partition coefficient (Wildman–Crippen LogP) is 4.14. The van der Waals surface area contributed by atoms with Gasteiger partial charge in [-0.15, -0.1) is 0 Å². The number of nitrogens with zero attached hydrogens (tertiary/aromatic N) is 3. The molecule has 1 aromatic heterocycles. The Labute approximate surface area is 178 Å². The van der Waals surface area contributed by atoms with Crippen LogP contribution in [0.15, 0.2) is 36.5 Å². The molecule has 2 amide bonds. The van der Waals surface area contributed by atoms with Crippen LogP contribution in [-0.2, 0) is 9.53 Å². The lowest BCUT2D eigenvalue weighted by Gasteiger charge is -2.39. The van der Waals surface area contributed by atoms with Crippen LogP contribution in [0.5, 0.6) is 0 Å². The fourth-order valence-corrected chi connectivity index (χ4v) is 3.87. The molecule has 7 heteroatoms. The normalized spacial score (nSPS) is 18.0. The number of pyridine rings is 1. The highest BCUT2D eigenvalue weighted by Gasteiger charge is 2.33. The maximum atomic E-state index is 12.3. The van der Waals surface area contributed by atoms with Gasteiger partial charge in [-0.2, -0.15) is 0 Å². The number of hydrogen-bond acceptors (Lipinski definition) is 5. The van der Waals surface area contributed by atoms with Crippen LogP contribution in [0.1, 0.15) is 45.7 Å². The van der Waals surface area contributed by atoms with Gasteiger partial charge < -0.3 is 19.9 Å². The van der Waals surface area contributed by atoms with Crippen molar-refractivity contribution < 1.29 is 14.3 Å². The van der Waals surface area contributed by atoms with Gasteiger partial charge in [-0.3, -0.25) is 4.79 Å². The minimum atomic E-state index is -0.452. The summed E-state index contributed by atoms with van der Waals surface area (Å²) < 4.78 is 5.28. The monoisotopic (exact) mass is 410 g/mol. The Bertz CT molecular complexity index is 925. The first-order valence-corrected chi connectivity index (χ1v) is 10.2. The summed E-state index contributed by atoms with van der Waals surface area (Å²) in [5, 5.41) is 2.98. The first-order chi connectivity index (χ1) is 14.2. The predicted molar refractivity (Wildman–Crippen MR) is 119 cm³/mol. The number of alkyl carbamates (subject to hydrolysis) is 1. The van der Waals surface area contributed by atoms with Gasteiger partial charge in [-0.1, -0.05) is 6.07 Å². The van der Waals surface area contributed by atoms with Crippen molar-refractivity contribution in [2.24, 2.45) is 0 Å². The first-order valence-electron chi connectivity index (χ1n) is 10.2. The third-order valence-electron chi connectivity index (χ3n) is 5.19.